The number of hydrogen-bond donors (Lipinski definition) is 1. The summed E-state index contributed by atoms with van der Waals surface area (Å²) in [5.74, 6) is -0.177. The van der Waals surface area contributed by atoms with Gasteiger partial charge in [0.15, 0.2) is 0 Å². The Morgan fingerprint density at radius 1 is 1.50 bits per heavy atom. The molecule has 1 aromatic heterocycles. The van der Waals surface area contributed by atoms with Gasteiger partial charge in [0.25, 0.3) is 10.0 Å². The minimum Gasteiger partial charge on any atom is -0.339 e. The molecule has 0 saturated carbocycles. The number of amides is 1. The van der Waals surface area contributed by atoms with Gasteiger partial charge in [-0.15, -0.1) is 11.3 Å². The zero-order valence-corrected chi connectivity index (χ0v) is 13.5. The lowest BCUT2D eigenvalue weighted by Crippen LogP contribution is -2.46. The topological polar surface area (TPSA) is 66.5 Å². The molecule has 1 unspecified atom stereocenters. The molecule has 1 amide bonds. The van der Waals surface area contributed by atoms with E-state index in [2.05, 4.69) is 4.72 Å². The highest BCUT2D eigenvalue weighted by atomic mass is 35.5. The highest BCUT2D eigenvalue weighted by Crippen LogP contribution is 2.25. The minimum atomic E-state index is -3.65. The molecule has 20 heavy (non-hydrogen) atoms. The molecule has 2 rings (SSSR count). The van der Waals surface area contributed by atoms with Crippen molar-refractivity contribution in [1.82, 2.24) is 9.62 Å². The number of rotatable bonds is 4. The summed E-state index contributed by atoms with van der Waals surface area (Å²) in [5, 5.41) is 0. The third-order valence-corrected chi connectivity index (χ3v) is 6.47. The number of carbonyl (C=O) groups excluding carboxylic acids is 1. The Bertz CT molecular complexity index is 585. The predicted molar refractivity (Wildman–Crippen MR) is 79.5 cm³/mol. The van der Waals surface area contributed by atoms with Crippen LogP contribution in [0.25, 0.3) is 0 Å². The standard InChI is InChI=1S/C12H17ClN2O3S2/c1-9-4-2-3-7-15(9)11(16)8-14-20(17,18)12-6-5-10(13)19-12/h5-6,9,14H,2-4,7-8H2,1H3. The normalized spacial score (nSPS) is 20.1. The molecular formula is C12H17ClN2O3S2. The number of nitrogens with one attached hydrogen (secondary N) is 1. The van der Waals surface area contributed by atoms with E-state index >= 15 is 0 Å². The van der Waals surface area contributed by atoms with Crippen LogP contribution >= 0.6 is 22.9 Å². The van der Waals surface area contributed by atoms with Gasteiger partial charge in [-0.25, -0.2) is 13.1 Å². The SMILES string of the molecule is CC1CCCCN1C(=O)CNS(=O)(=O)c1ccc(Cl)s1. The number of nitrogens with zero attached hydrogens (tertiary/aromatic N) is 1. The van der Waals surface area contributed by atoms with E-state index in [0.717, 1.165) is 30.6 Å². The summed E-state index contributed by atoms with van der Waals surface area (Å²) in [6, 6.07) is 3.13. The Balaban J connectivity index is 1.96. The number of hydrogen-bond acceptors (Lipinski definition) is 4. The van der Waals surface area contributed by atoms with Gasteiger partial charge in [-0.05, 0) is 38.3 Å². The van der Waals surface area contributed by atoms with Crippen molar-refractivity contribution < 1.29 is 13.2 Å². The lowest BCUT2D eigenvalue weighted by molar-refractivity contribution is -0.133. The molecule has 0 aromatic carbocycles. The maximum atomic E-state index is 12.1. The fourth-order valence-electron chi connectivity index (χ4n) is 2.24. The maximum absolute atomic E-state index is 12.1. The molecule has 0 aliphatic carbocycles. The van der Waals surface area contributed by atoms with E-state index < -0.39 is 10.0 Å². The number of halogens is 1. The molecule has 0 bridgehead atoms. The Morgan fingerprint density at radius 2 is 2.25 bits per heavy atom. The first-order valence-electron chi connectivity index (χ1n) is 6.44. The van der Waals surface area contributed by atoms with Gasteiger partial charge in [-0.1, -0.05) is 11.6 Å². The molecule has 5 nitrogen and oxygen atoms in total. The summed E-state index contributed by atoms with van der Waals surface area (Å²) in [6.45, 7) is 2.49. The zero-order valence-electron chi connectivity index (χ0n) is 11.1. The molecule has 8 heteroatoms. The van der Waals surface area contributed by atoms with Crippen molar-refractivity contribution >= 4 is 38.9 Å². The van der Waals surface area contributed by atoms with Crippen LogP contribution in [0.2, 0.25) is 4.34 Å². The summed E-state index contributed by atoms with van der Waals surface area (Å²) >= 11 is 6.69. The first-order chi connectivity index (χ1) is 9.40. The Kier molecular flexibility index (Phi) is 5.06. The Hall–Kier alpha value is -0.630. The quantitative estimate of drug-likeness (QED) is 0.915. The molecule has 1 N–H and O–H groups in total. The van der Waals surface area contributed by atoms with Crippen LogP contribution < -0.4 is 4.72 Å². The van der Waals surface area contributed by atoms with Crippen molar-refractivity contribution in [2.45, 2.75) is 36.4 Å². The van der Waals surface area contributed by atoms with E-state index in [0.29, 0.717) is 10.9 Å². The van der Waals surface area contributed by atoms with Gasteiger partial charge < -0.3 is 4.90 Å². The van der Waals surface area contributed by atoms with Crippen LogP contribution in [0.1, 0.15) is 26.2 Å². The first-order valence-corrected chi connectivity index (χ1v) is 9.12. The van der Waals surface area contributed by atoms with Gasteiger partial charge in [0.2, 0.25) is 5.91 Å². The number of carbonyl (C=O) groups is 1. The highest BCUT2D eigenvalue weighted by Gasteiger charge is 2.25. The predicted octanol–water partition coefficient (Wildman–Crippen LogP) is 2.08. The molecule has 1 saturated heterocycles. The monoisotopic (exact) mass is 336 g/mol. The summed E-state index contributed by atoms with van der Waals surface area (Å²) in [6.07, 6.45) is 3.06. The smallest absolute Gasteiger partial charge is 0.250 e. The maximum Gasteiger partial charge on any atom is 0.250 e. The van der Waals surface area contributed by atoms with E-state index in [1.165, 1.54) is 12.1 Å². The molecule has 1 atom stereocenters. The minimum absolute atomic E-state index is 0.127. The van der Waals surface area contributed by atoms with Crippen LogP contribution in [0.15, 0.2) is 16.3 Å². The van der Waals surface area contributed by atoms with E-state index in [1.54, 1.807) is 4.90 Å². The van der Waals surface area contributed by atoms with E-state index in [9.17, 15) is 13.2 Å². The van der Waals surface area contributed by atoms with Crippen LogP contribution in [0.5, 0.6) is 0 Å². The molecule has 1 aliphatic heterocycles. The van der Waals surface area contributed by atoms with E-state index in [1.807, 2.05) is 6.92 Å². The third kappa shape index (κ3) is 3.72. The zero-order chi connectivity index (χ0) is 14.8. The van der Waals surface area contributed by atoms with Crippen molar-refractivity contribution in [2.24, 2.45) is 0 Å². The third-order valence-electron chi connectivity index (χ3n) is 3.35. The largest absolute Gasteiger partial charge is 0.339 e. The molecule has 1 aliphatic rings. The highest BCUT2D eigenvalue weighted by molar-refractivity contribution is 7.91. The number of likely N-dealkylation sites (tertiary alicyclic amines) is 1. The summed E-state index contributed by atoms with van der Waals surface area (Å²) in [5.41, 5.74) is 0. The van der Waals surface area contributed by atoms with E-state index in [4.69, 9.17) is 11.6 Å². The van der Waals surface area contributed by atoms with Gasteiger partial charge >= 0.3 is 0 Å². The first kappa shape index (κ1) is 15.8. The lowest BCUT2D eigenvalue weighted by Gasteiger charge is -2.33. The summed E-state index contributed by atoms with van der Waals surface area (Å²) in [7, 11) is -3.65. The van der Waals surface area contributed by atoms with Crippen molar-refractivity contribution in [3.63, 3.8) is 0 Å². The van der Waals surface area contributed by atoms with Gasteiger partial charge in [0.05, 0.1) is 10.9 Å². The van der Waals surface area contributed by atoms with Crippen LogP contribution in [-0.4, -0.2) is 38.4 Å². The summed E-state index contributed by atoms with van der Waals surface area (Å²) in [4.78, 5) is 13.8. The van der Waals surface area contributed by atoms with Crippen LogP contribution in [0.3, 0.4) is 0 Å². The summed E-state index contributed by atoms with van der Waals surface area (Å²) < 4.78 is 26.8. The van der Waals surface area contributed by atoms with Crippen molar-refractivity contribution in [3.05, 3.63) is 16.5 Å². The molecule has 1 aromatic rings. The number of piperidine rings is 1. The van der Waals surface area contributed by atoms with Gasteiger partial charge in [0.1, 0.15) is 4.21 Å². The number of thiophene rings is 1. The second-order valence-electron chi connectivity index (χ2n) is 4.82. The van der Waals surface area contributed by atoms with E-state index in [-0.39, 0.29) is 22.7 Å². The van der Waals surface area contributed by atoms with Crippen LogP contribution in [0, 0.1) is 0 Å². The molecule has 0 spiro atoms. The molecule has 0 radical (unpaired) electrons. The average molecular weight is 337 g/mol. The fourth-order valence-corrected chi connectivity index (χ4v) is 4.74. The second-order valence-corrected chi connectivity index (χ2v) is 8.52. The molecule has 1 fully saturated rings. The Labute approximate surface area is 128 Å². The van der Waals surface area contributed by atoms with Crippen molar-refractivity contribution in [1.29, 1.82) is 0 Å². The average Bonchev–Trinajstić information content (AvgIpc) is 2.84. The molecular weight excluding hydrogens is 320 g/mol. The second kappa shape index (κ2) is 6.43. The van der Waals surface area contributed by atoms with Gasteiger partial charge in [-0.3, -0.25) is 4.79 Å². The molecule has 2 heterocycles. The van der Waals surface area contributed by atoms with Crippen LogP contribution in [0.4, 0.5) is 0 Å². The molecule has 112 valence electrons. The van der Waals surface area contributed by atoms with Crippen molar-refractivity contribution in [3.8, 4) is 0 Å². The van der Waals surface area contributed by atoms with Gasteiger partial charge in [0, 0.05) is 12.6 Å². The Morgan fingerprint density at radius 3 is 2.85 bits per heavy atom. The lowest BCUT2D eigenvalue weighted by atomic mass is 10.0. The van der Waals surface area contributed by atoms with Crippen LogP contribution in [-0.2, 0) is 14.8 Å². The van der Waals surface area contributed by atoms with Gasteiger partial charge in [-0.2, -0.15) is 0 Å². The fraction of sp³-hybridized carbons (Fsp3) is 0.583. The van der Waals surface area contributed by atoms with Crippen molar-refractivity contribution in [2.75, 3.05) is 13.1 Å². The number of sulfonamides is 1.